The number of carbonyl (C=O) groups excluding carboxylic acids is 2. The maximum Gasteiger partial charge on any atom is 0.310 e. The summed E-state index contributed by atoms with van der Waals surface area (Å²) in [5.41, 5.74) is 2.28. The van der Waals surface area contributed by atoms with Crippen LogP contribution in [0, 0.1) is 18.8 Å². The molecule has 2 aromatic carbocycles. The van der Waals surface area contributed by atoms with Crippen LogP contribution in [0.5, 0.6) is 17.2 Å². The van der Waals surface area contributed by atoms with Crippen LogP contribution in [0.15, 0.2) is 36.4 Å². The summed E-state index contributed by atoms with van der Waals surface area (Å²) in [6.07, 6.45) is 0. The molecule has 1 saturated carbocycles. The zero-order valence-corrected chi connectivity index (χ0v) is 17.4. The first-order valence-corrected chi connectivity index (χ1v) is 9.54. The van der Waals surface area contributed by atoms with Gasteiger partial charge in [-0.05, 0) is 55.3 Å². The van der Waals surface area contributed by atoms with E-state index in [1.165, 1.54) is 0 Å². The fraction of sp³-hybridized carbons (Fsp3) is 0.391. The van der Waals surface area contributed by atoms with Gasteiger partial charge in [0.05, 0.1) is 33.9 Å². The Balaban J connectivity index is 1.94. The summed E-state index contributed by atoms with van der Waals surface area (Å²) in [4.78, 5) is 25.8. The molecule has 3 atom stereocenters. The number of ketones is 1. The molecule has 1 aliphatic rings. The molecule has 3 rings (SSSR count). The molecule has 154 valence electrons. The third-order valence-electron chi connectivity index (χ3n) is 5.35. The lowest BCUT2D eigenvalue weighted by molar-refractivity contribution is -0.145. The molecule has 6 heteroatoms. The Bertz CT molecular complexity index is 920. The van der Waals surface area contributed by atoms with E-state index in [1.807, 2.05) is 19.1 Å². The van der Waals surface area contributed by atoms with Crippen molar-refractivity contribution >= 4 is 11.8 Å². The van der Waals surface area contributed by atoms with E-state index < -0.39 is 11.8 Å². The third kappa shape index (κ3) is 3.92. The molecular weight excluding hydrogens is 372 g/mol. The van der Waals surface area contributed by atoms with Gasteiger partial charge in [0.25, 0.3) is 0 Å². The number of hydrogen-bond donors (Lipinski definition) is 0. The van der Waals surface area contributed by atoms with Crippen molar-refractivity contribution in [2.45, 2.75) is 19.8 Å². The fourth-order valence-corrected chi connectivity index (χ4v) is 3.87. The van der Waals surface area contributed by atoms with Crippen molar-refractivity contribution < 1.29 is 28.5 Å². The lowest BCUT2D eigenvalue weighted by Crippen LogP contribution is -2.12. The quantitative estimate of drug-likeness (QED) is 0.498. The molecule has 3 unspecified atom stereocenters. The predicted octanol–water partition coefficient (Wildman–Crippen LogP) is 3.80. The highest BCUT2D eigenvalue weighted by atomic mass is 16.5. The van der Waals surface area contributed by atoms with Crippen LogP contribution in [0.4, 0.5) is 0 Å². The van der Waals surface area contributed by atoms with Gasteiger partial charge in [-0.3, -0.25) is 9.59 Å². The van der Waals surface area contributed by atoms with Crippen LogP contribution in [-0.2, 0) is 9.53 Å². The summed E-state index contributed by atoms with van der Waals surface area (Å²) in [7, 11) is 4.71. The van der Waals surface area contributed by atoms with Crippen molar-refractivity contribution in [1.82, 2.24) is 0 Å². The zero-order chi connectivity index (χ0) is 21.1. The van der Waals surface area contributed by atoms with Gasteiger partial charge >= 0.3 is 5.97 Å². The van der Waals surface area contributed by atoms with E-state index in [0.29, 0.717) is 17.1 Å². The normalized spacial score (nSPS) is 20.0. The summed E-state index contributed by atoms with van der Waals surface area (Å²) in [5.74, 6) is 0.205. The lowest BCUT2D eigenvalue weighted by atomic mass is 10.0. The van der Waals surface area contributed by atoms with Crippen LogP contribution in [0.2, 0.25) is 0 Å². The average Bonchev–Trinajstić information content (AvgIpc) is 3.48. The molecular formula is C23H26O6. The Morgan fingerprint density at radius 3 is 2.10 bits per heavy atom. The highest BCUT2D eigenvalue weighted by Gasteiger charge is 2.60. The van der Waals surface area contributed by atoms with Crippen LogP contribution < -0.4 is 14.2 Å². The largest absolute Gasteiger partial charge is 0.496 e. The minimum absolute atomic E-state index is 0.0754. The van der Waals surface area contributed by atoms with Crippen LogP contribution in [-0.4, -0.2) is 39.7 Å². The molecule has 0 aliphatic heterocycles. The Morgan fingerprint density at radius 1 is 0.862 bits per heavy atom. The standard InChI is InChI=1S/C23H26O6/c1-6-29-23(25)21-19(14-7-10-17(27-4)18(12-14)28-5)20(21)22(24)15-8-9-16(26-3)13(2)11-15/h7-12,19-21H,6H2,1-5H3. The molecule has 2 aromatic rings. The maximum absolute atomic E-state index is 13.2. The lowest BCUT2D eigenvalue weighted by Gasteiger charge is -2.10. The molecule has 0 bridgehead atoms. The number of methoxy groups -OCH3 is 3. The van der Waals surface area contributed by atoms with Gasteiger partial charge in [0.1, 0.15) is 5.75 Å². The first-order chi connectivity index (χ1) is 14.0. The van der Waals surface area contributed by atoms with Crippen molar-refractivity contribution in [1.29, 1.82) is 0 Å². The number of hydrogen-bond acceptors (Lipinski definition) is 6. The molecule has 0 spiro atoms. The Morgan fingerprint density at radius 2 is 1.52 bits per heavy atom. The number of ether oxygens (including phenoxy) is 4. The summed E-state index contributed by atoms with van der Waals surface area (Å²) in [6, 6.07) is 10.8. The van der Waals surface area contributed by atoms with Gasteiger partial charge in [0.2, 0.25) is 0 Å². The predicted molar refractivity (Wildman–Crippen MR) is 108 cm³/mol. The molecule has 0 radical (unpaired) electrons. The number of Topliss-reactive ketones (excluding diaryl/α,β-unsaturated/α-hetero) is 1. The molecule has 0 saturated heterocycles. The monoisotopic (exact) mass is 398 g/mol. The van der Waals surface area contributed by atoms with Gasteiger partial charge in [-0.25, -0.2) is 0 Å². The van der Waals surface area contributed by atoms with E-state index in [9.17, 15) is 9.59 Å². The average molecular weight is 398 g/mol. The minimum atomic E-state index is -0.511. The first kappa shape index (κ1) is 20.7. The van der Waals surface area contributed by atoms with E-state index in [1.54, 1.807) is 52.5 Å². The Kier molecular flexibility index (Phi) is 6.11. The van der Waals surface area contributed by atoms with Gasteiger partial charge in [0, 0.05) is 17.4 Å². The Hall–Kier alpha value is -3.02. The molecule has 6 nitrogen and oxygen atoms in total. The van der Waals surface area contributed by atoms with E-state index in [-0.39, 0.29) is 24.3 Å². The summed E-state index contributed by atoms with van der Waals surface area (Å²) in [6.45, 7) is 3.92. The van der Waals surface area contributed by atoms with E-state index in [4.69, 9.17) is 18.9 Å². The molecule has 0 heterocycles. The number of esters is 1. The number of benzene rings is 2. The first-order valence-electron chi connectivity index (χ1n) is 9.54. The molecule has 0 amide bonds. The van der Waals surface area contributed by atoms with Gasteiger partial charge in [-0.15, -0.1) is 0 Å². The second-order valence-electron chi connectivity index (χ2n) is 6.99. The van der Waals surface area contributed by atoms with E-state index in [2.05, 4.69) is 0 Å². The van der Waals surface area contributed by atoms with Gasteiger partial charge < -0.3 is 18.9 Å². The Labute approximate surface area is 170 Å². The summed E-state index contributed by atoms with van der Waals surface area (Å²) < 4.78 is 21.2. The molecule has 1 fully saturated rings. The van der Waals surface area contributed by atoms with E-state index in [0.717, 1.165) is 16.9 Å². The second kappa shape index (κ2) is 8.55. The van der Waals surface area contributed by atoms with Crippen LogP contribution in [0.1, 0.15) is 34.3 Å². The van der Waals surface area contributed by atoms with Crippen molar-refractivity contribution in [3.8, 4) is 17.2 Å². The third-order valence-corrected chi connectivity index (χ3v) is 5.35. The van der Waals surface area contributed by atoms with Crippen LogP contribution >= 0.6 is 0 Å². The fourth-order valence-electron chi connectivity index (χ4n) is 3.87. The van der Waals surface area contributed by atoms with Crippen LogP contribution in [0.3, 0.4) is 0 Å². The maximum atomic E-state index is 13.2. The highest BCUT2D eigenvalue weighted by molar-refractivity contribution is 6.04. The topological polar surface area (TPSA) is 71.1 Å². The van der Waals surface area contributed by atoms with Crippen molar-refractivity contribution in [3.63, 3.8) is 0 Å². The van der Waals surface area contributed by atoms with Crippen molar-refractivity contribution in [2.24, 2.45) is 11.8 Å². The second-order valence-corrected chi connectivity index (χ2v) is 6.99. The summed E-state index contributed by atoms with van der Waals surface area (Å²) >= 11 is 0. The van der Waals surface area contributed by atoms with E-state index >= 15 is 0 Å². The van der Waals surface area contributed by atoms with Crippen molar-refractivity contribution in [2.75, 3.05) is 27.9 Å². The molecule has 0 N–H and O–H groups in total. The van der Waals surface area contributed by atoms with Crippen LogP contribution in [0.25, 0.3) is 0 Å². The molecule has 0 aromatic heterocycles. The molecule has 29 heavy (non-hydrogen) atoms. The number of carbonyl (C=O) groups is 2. The SMILES string of the molecule is CCOC(=O)C1C(C(=O)c2ccc(OC)c(C)c2)C1c1ccc(OC)c(OC)c1. The number of rotatable bonds is 8. The zero-order valence-electron chi connectivity index (χ0n) is 17.4. The number of aryl methyl sites for hydroxylation is 1. The van der Waals surface area contributed by atoms with Gasteiger partial charge in [0.15, 0.2) is 17.3 Å². The van der Waals surface area contributed by atoms with Gasteiger partial charge in [-0.2, -0.15) is 0 Å². The highest BCUT2D eigenvalue weighted by Crippen LogP contribution is 2.57. The van der Waals surface area contributed by atoms with Gasteiger partial charge in [-0.1, -0.05) is 6.07 Å². The molecule has 1 aliphatic carbocycles. The minimum Gasteiger partial charge on any atom is -0.496 e. The van der Waals surface area contributed by atoms with Crippen molar-refractivity contribution in [3.05, 3.63) is 53.1 Å². The summed E-state index contributed by atoms with van der Waals surface area (Å²) in [5, 5.41) is 0. The smallest absolute Gasteiger partial charge is 0.310 e.